The van der Waals surface area contributed by atoms with E-state index in [-0.39, 0.29) is 6.09 Å². The van der Waals surface area contributed by atoms with Gasteiger partial charge in [-0.05, 0) is 73.5 Å². The third kappa shape index (κ3) is 5.21. The average Bonchev–Trinajstić information content (AvgIpc) is 3.16. The topological polar surface area (TPSA) is 34.5 Å². The summed E-state index contributed by atoms with van der Waals surface area (Å²) in [6, 6.07) is 19.4. The summed E-state index contributed by atoms with van der Waals surface area (Å²) in [6.45, 7) is 5.69. The Morgan fingerprint density at radius 2 is 1.73 bits per heavy atom. The van der Waals surface area contributed by atoms with Crippen LogP contribution in [0, 0.1) is 0 Å². The van der Waals surface area contributed by atoms with E-state index in [1.54, 1.807) is 11.0 Å². The Kier molecular flexibility index (Phi) is 7.32. The van der Waals surface area contributed by atoms with Gasteiger partial charge in [0, 0.05) is 56.8 Å². The molecule has 0 radical (unpaired) electrons. The van der Waals surface area contributed by atoms with Crippen molar-refractivity contribution in [2.24, 2.45) is 0 Å². The second-order valence-corrected chi connectivity index (χ2v) is 9.43. The van der Waals surface area contributed by atoms with Crippen LogP contribution in [-0.4, -0.2) is 28.6 Å². The van der Waals surface area contributed by atoms with Gasteiger partial charge in [-0.15, -0.1) is 0 Å². The van der Waals surface area contributed by atoms with Crippen molar-refractivity contribution in [2.75, 3.05) is 13.1 Å². The van der Waals surface area contributed by atoms with Crippen molar-refractivity contribution in [1.82, 2.24) is 9.47 Å². The van der Waals surface area contributed by atoms with Gasteiger partial charge in [-0.25, -0.2) is 4.79 Å². The molecule has 1 aromatic heterocycles. The number of fused-ring (bicyclic) bond motifs is 1. The quantitative estimate of drug-likeness (QED) is 0.244. The van der Waals surface area contributed by atoms with Gasteiger partial charge in [0.15, 0.2) is 0 Å². The van der Waals surface area contributed by atoms with Gasteiger partial charge < -0.3 is 14.2 Å². The van der Waals surface area contributed by atoms with Crippen molar-refractivity contribution in [3.63, 3.8) is 0 Å². The maximum atomic E-state index is 12.7. The Morgan fingerprint density at radius 1 is 1.00 bits per heavy atom. The maximum Gasteiger partial charge on any atom is 0.415 e. The highest BCUT2D eigenvalue weighted by Crippen LogP contribution is 2.40. The van der Waals surface area contributed by atoms with Crippen LogP contribution in [-0.2, 0) is 6.54 Å². The monoisotopic (exact) mass is 544 g/mol. The summed E-state index contributed by atoms with van der Waals surface area (Å²) in [4.78, 5) is 14.4. The Balaban J connectivity index is 1.84. The summed E-state index contributed by atoms with van der Waals surface area (Å²) in [7, 11) is 0. The minimum Gasteiger partial charge on any atom is -0.410 e. The highest BCUT2D eigenvalue weighted by Gasteiger charge is 2.19. The van der Waals surface area contributed by atoms with E-state index in [1.807, 2.05) is 62.5 Å². The van der Waals surface area contributed by atoms with Crippen LogP contribution < -0.4 is 4.74 Å². The molecule has 170 valence electrons. The van der Waals surface area contributed by atoms with Crippen LogP contribution in [0.4, 0.5) is 4.79 Å². The molecule has 0 saturated heterocycles. The third-order valence-corrected chi connectivity index (χ3v) is 6.46. The minimum atomic E-state index is -0.387. The van der Waals surface area contributed by atoms with Crippen LogP contribution in [0.25, 0.3) is 22.0 Å². The summed E-state index contributed by atoms with van der Waals surface area (Å²) in [5, 5.41) is 1.99. The van der Waals surface area contributed by atoms with E-state index in [4.69, 9.17) is 27.9 Å². The molecule has 0 saturated carbocycles. The number of hydrogen-bond donors (Lipinski definition) is 0. The van der Waals surface area contributed by atoms with Gasteiger partial charge in [-0.3, -0.25) is 0 Å². The molecule has 33 heavy (non-hydrogen) atoms. The van der Waals surface area contributed by atoms with Crippen LogP contribution in [0.3, 0.4) is 0 Å². The molecule has 0 N–H and O–H groups in total. The van der Waals surface area contributed by atoms with Crippen molar-refractivity contribution < 1.29 is 9.53 Å². The molecule has 0 spiro atoms. The van der Waals surface area contributed by atoms with Gasteiger partial charge in [0.1, 0.15) is 5.75 Å². The predicted octanol–water partition coefficient (Wildman–Crippen LogP) is 8.27. The van der Waals surface area contributed by atoms with E-state index in [9.17, 15) is 4.79 Å². The summed E-state index contributed by atoms with van der Waals surface area (Å²) in [5.74, 6) is 0.470. The number of hydrogen-bond acceptors (Lipinski definition) is 2. The van der Waals surface area contributed by atoms with Crippen LogP contribution >= 0.6 is 39.1 Å². The molecule has 0 atom stereocenters. The second-order valence-electron chi connectivity index (χ2n) is 7.64. The van der Waals surface area contributed by atoms with Crippen LogP contribution in [0.1, 0.15) is 19.4 Å². The van der Waals surface area contributed by atoms with Crippen LogP contribution in [0.5, 0.6) is 5.75 Å². The van der Waals surface area contributed by atoms with E-state index in [0.717, 1.165) is 26.5 Å². The van der Waals surface area contributed by atoms with Gasteiger partial charge >= 0.3 is 6.09 Å². The lowest BCUT2D eigenvalue weighted by Gasteiger charge is -2.20. The molecule has 1 heterocycles. The molecule has 0 fully saturated rings. The van der Waals surface area contributed by atoms with Crippen molar-refractivity contribution in [3.05, 3.63) is 86.9 Å². The first-order chi connectivity index (χ1) is 15.9. The fraction of sp³-hybridized carbons (Fsp3) is 0.192. The Hall–Kier alpha value is -2.47. The number of amides is 1. The zero-order valence-electron chi connectivity index (χ0n) is 18.3. The maximum absolute atomic E-state index is 12.7. The number of carbonyl (C=O) groups excluding carboxylic acids is 1. The molecular weight excluding hydrogens is 523 g/mol. The molecule has 3 aromatic carbocycles. The van der Waals surface area contributed by atoms with E-state index in [0.29, 0.717) is 35.4 Å². The summed E-state index contributed by atoms with van der Waals surface area (Å²) >= 11 is 16.2. The number of carbonyl (C=O) groups is 1. The second kappa shape index (κ2) is 10.2. The molecule has 7 heteroatoms. The van der Waals surface area contributed by atoms with Crippen molar-refractivity contribution in [3.8, 4) is 16.9 Å². The number of halogens is 3. The van der Waals surface area contributed by atoms with Gasteiger partial charge in [-0.2, -0.15) is 0 Å². The Bertz CT molecular complexity index is 1290. The van der Waals surface area contributed by atoms with Gasteiger partial charge in [0.2, 0.25) is 0 Å². The molecule has 0 aliphatic heterocycles. The number of ether oxygens (including phenoxy) is 1. The highest BCUT2D eigenvalue weighted by molar-refractivity contribution is 9.10. The number of rotatable bonds is 6. The first-order valence-electron chi connectivity index (χ1n) is 10.7. The number of aromatic nitrogens is 1. The Morgan fingerprint density at radius 3 is 2.39 bits per heavy atom. The molecule has 0 bridgehead atoms. The minimum absolute atomic E-state index is 0.387. The van der Waals surface area contributed by atoms with Crippen LogP contribution in [0.2, 0.25) is 10.0 Å². The lowest BCUT2D eigenvalue weighted by molar-refractivity contribution is 0.157. The van der Waals surface area contributed by atoms with Crippen molar-refractivity contribution >= 4 is 56.1 Å². The van der Waals surface area contributed by atoms with Gasteiger partial charge in [0.05, 0.1) is 0 Å². The summed E-state index contributed by atoms with van der Waals surface area (Å²) in [6.07, 6.45) is 1.65. The first-order valence-corrected chi connectivity index (χ1v) is 12.2. The molecule has 0 unspecified atom stereocenters. The standard InChI is InChI=1S/C26H23BrCl2N2O2/c1-3-30(4-2)26(32)33-24-9-8-23-22(25(24)18-13-20(28)15-21(29)14-18)10-11-31(23)16-17-6-5-7-19(27)12-17/h5-15H,3-4,16H2,1-2H3. The van der Waals surface area contributed by atoms with E-state index in [1.165, 1.54) is 5.56 Å². The van der Waals surface area contributed by atoms with Crippen LogP contribution in [0.15, 0.2) is 71.3 Å². The van der Waals surface area contributed by atoms with Gasteiger partial charge in [0.25, 0.3) is 0 Å². The zero-order chi connectivity index (χ0) is 23.5. The van der Waals surface area contributed by atoms with E-state index in [2.05, 4.69) is 32.6 Å². The Labute approximate surface area is 211 Å². The third-order valence-electron chi connectivity index (χ3n) is 5.53. The molecule has 0 aliphatic rings. The number of nitrogens with zero attached hydrogens (tertiary/aromatic N) is 2. The summed E-state index contributed by atoms with van der Waals surface area (Å²) < 4.78 is 9.07. The van der Waals surface area contributed by atoms with E-state index >= 15 is 0 Å². The SMILES string of the molecule is CCN(CC)C(=O)Oc1ccc2c(ccn2Cc2cccc(Br)c2)c1-c1cc(Cl)cc(Cl)c1. The van der Waals surface area contributed by atoms with Crippen molar-refractivity contribution in [2.45, 2.75) is 20.4 Å². The predicted molar refractivity (Wildman–Crippen MR) is 140 cm³/mol. The molecular formula is C26H23BrCl2N2O2. The zero-order valence-corrected chi connectivity index (χ0v) is 21.4. The summed E-state index contributed by atoms with van der Waals surface area (Å²) in [5.41, 5.74) is 3.76. The lowest BCUT2D eigenvalue weighted by atomic mass is 10.0. The smallest absolute Gasteiger partial charge is 0.410 e. The lowest BCUT2D eigenvalue weighted by Crippen LogP contribution is -2.33. The molecule has 4 aromatic rings. The first kappa shape index (κ1) is 23.7. The fourth-order valence-electron chi connectivity index (χ4n) is 3.94. The molecule has 1 amide bonds. The average molecular weight is 546 g/mol. The largest absolute Gasteiger partial charge is 0.415 e. The van der Waals surface area contributed by atoms with E-state index < -0.39 is 0 Å². The normalized spacial score (nSPS) is 11.1. The highest BCUT2D eigenvalue weighted by atomic mass is 79.9. The fourth-order valence-corrected chi connectivity index (χ4v) is 4.92. The molecule has 4 nitrogen and oxygen atoms in total. The number of benzene rings is 3. The van der Waals surface area contributed by atoms with Crippen molar-refractivity contribution in [1.29, 1.82) is 0 Å². The molecule has 4 rings (SSSR count). The molecule has 0 aliphatic carbocycles. The van der Waals surface area contributed by atoms with Gasteiger partial charge in [-0.1, -0.05) is 51.3 Å².